The number of nitrogens with zero attached hydrogens (tertiary/aromatic N) is 4. The molecule has 0 N–H and O–H groups in total. The summed E-state index contributed by atoms with van der Waals surface area (Å²) in [5.74, 6) is -0.710. The molecule has 0 radical (unpaired) electrons. The van der Waals surface area contributed by atoms with Crippen LogP contribution in [0.25, 0.3) is 0 Å². The molecular formula is C20H16N4O2. The van der Waals surface area contributed by atoms with Gasteiger partial charge in [-0.1, -0.05) is 36.4 Å². The monoisotopic (exact) mass is 344 g/mol. The molecule has 1 aliphatic carbocycles. The highest BCUT2D eigenvalue weighted by molar-refractivity contribution is 6.26. The fourth-order valence-electron chi connectivity index (χ4n) is 3.78. The summed E-state index contributed by atoms with van der Waals surface area (Å²) in [7, 11) is 0. The number of fused-ring (bicyclic) bond motifs is 2. The second-order valence-electron chi connectivity index (χ2n) is 6.67. The minimum Gasteiger partial charge on any atom is -0.272 e. The molecule has 0 aromatic heterocycles. The van der Waals surface area contributed by atoms with Gasteiger partial charge in [0.1, 0.15) is 0 Å². The van der Waals surface area contributed by atoms with E-state index in [-0.39, 0.29) is 23.7 Å². The van der Waals surface area contributed by atoms with Gasteiger partial charge >= 0.3 is 0 Å². The lowest BCUT2D eigenvalue weighted by molar-refractivity contribution is -0.121. The summed E-state index contributed by atoms with van der Waals surface area (Å²) in [5, 5.41) is 12.0. The summed E-state index contributed by atoms with van der Waals surface area (Å²) in [5.41, 5.74) is 3.07. The zero-order valence-electron chi connectivity index (χ0n) is 13.9. The van der Waals surface area contributed by atoms with Gasteiger partial charge in [0.2, 0.25) is 0 Å². The van der Waals surface area contributed by atoms with Gasteiger partial charge in [-0.25, -0.2) is 10.0 Å². The van der Waals surface area contributed by atoms with Crippen molar-refractivity contribution in [2.24, 2.45) is 22.0 Å². The molecule has 5 rings (SSSR count). The second-order valence-corrected chi connectivity index (χ2v) is 6.67. The zero-order valence-corrected chi connectivity index (χ0v) is 13.9. The Kier molecular flexibility index (Phi) is 3.25. The molecule has 1 saturated carbocycles. The first-order chi connectivity index (χ1) is 12.7. The molecule has 2 aromatic rings. The molecule has 0 bridgehead atoms. The predicted molar refractivity (Wildman–Crippen MR) is 98.9 cm³/mol. The third-order valence-electron chi connectivity index (χ3n) is 5.10. The van der Waals surface area contributed by atoms with Crippen molar-refractivity contribution in [2.45, 2.75) is 12.8 Å². The second kappa shape index (κ2) is 5.62. The molecule has 26 heavy (non-hydrogen) atoms. The van der Waals surface area contributed by atoms with Crippen LogP contribution in [0.1, 0.15) is 12.8 Å². The van der Waals surface area contributed by atoms with E-state index in [9.17, 15) is 9.59 Å². The third kappa shape index (κ3) is 2.19. The molecule has 0 spiro atoms. The van der Waals surface area contributed by atoms with Crippen LogP contribution in [0.5, 0.6) is 0 Å². The number of benzene rings is 2. The van der Waals surface area contributed by atoms with Crippen molar-refractivity contribution < 1.29 is 9.59 Å². The van der Waals surface area contributed by atoms with E-state index in [1.807, 2.05) is 60.7 Å². The van der Waals surface area contributed by atoms with Crippen molar-refractivity contribution in [3.05, 3.63) is 60.7 Å². The van der Waals surface area contributed by atoms with E-state index in [1.165, 1.54) is 10.0 Å². The van der Waals surface area contributed by atoms with Gasteiger partial charge in [0.15, 0.2) is 0 Å². The molecule has 2 amide bonds. The first-order valence-corrected chi connectivity index (χ1v) is 8.65. The molecule has 3 aliphatic rings. The number of hydrogen-bond donors (Lipinski definition) is 0. The normalized spacial score (nSPS) is 24.3. The molecular weight excluding hydrogens is 328 g/mol. The first-order valence-electron chi connectivity index (χ1n) is 8.65. The van der Waals surface area contributed by atoms with Crippen LogP contribution in [-0.2, 0) is 9.59 Å². The highest BCUT2D eigenvalue weighted by Gasteiger charge is 2.48. The van der Waals surface area contributed by atoms with Crippen LogP contribution in [0.2, 0.25) is 0 Å². The molecule has 0 saturated heterocycles. The van der Waals surface area contributed by atoms with Gasteiger partial charge in [0, 0.05) is 12.8 Å². The largest absolute Gasteiger partial charge is 0.272 e. The minimum atomic E-state index is -0.311. The summed E-state index contributed by atoms with van der Waals surface area (Å²) >= 11 is 0. The molecule has 1 fully saturated rings. The van der Waals surface area contributed by atoms with Crippen LogP contribution < -0.4 is 10.0 Å². The lowest BCUT2D eigenvalue weighted by Gasteiger charge is -2.21. The van der Waals surface area contributed by atoms with Gasteiger partial charge in [-0.3, -0.25) is 9.59 Å². The van der Waals surface area contributed by atoms with Crippen molar-refractivity contribution in [2.75, 3.05) is 10.0 Å². The highest BCUT2D eigenvalue weighted by Crippen LogP contribution is 2.37. The number of rotatable bonds is 2. The lowest BCUT2D eigenvalue weighted by atomic mass is 9.79. The molecule has 2 aromatic carbocycles. The Morgan fingerprint density at radius 3 is 1.42 bits per heavy atom. The third-order valence-corrected chi connectivity index (χ3v) is 5.10. The van der Waals surface area contributed by atoms with Crippen molar-refractivity contribution in [3.8, 4) is 0 Å². The summed E-state index contributed by atoms with van der Waals surface area (Å²) in [6.07, 6.45) is 0.918. The summed E-state index contributed by atoms with van der Waals surface area (Å²) in [4.78, 5) is 25.6. The molecule has 2 heterocycles. The molecule has 6 heteroatoms. The Morgan fingerprint density at radius 2 is 1.04 bits per heavy atom. The zero-order chi connectivity index (χ0) is 17.7. The number of amides is 2. The van der Waals surface area contributed by atoms with Crippen LogP contribution >= 0.6 is 0 Å². The standard InChI is InChI=1S/C20H16N4O2/c25-19-15-11-18-16(20(26)24(22-18)14-9-5-2-6-10-14)12-17(15)21-23(19)13-7-3-1-4-8-13/h1-10,15-16H,11-12H2/t15-,16-/m0/s1. The topological polar surface area (TPSA) is 65.3 Å². The van der Waals surface area contributed by atoms with Crippen LogP contribution in [0, 0.1) is 11.8 Å². The van der Waals surface area contributed by atoms with Crippen molar-refractivity contribution in [3.63, 3.8) is 0 Å². The van der Waals surface area contributed by atoms with Crippen LogP contribution in [0.15, 0.2) is 70.9 Å². The van der Waals surface area contributed by atoms with E-state index >= 15 is 0 Å². The minimum absolute atomic E-state index is 0.0436. The highest BCUT2D eigenvalue weighted by atomic mass is 16.2. The number of para-hydroxylation sites is 2. The summed E-state index contributed by atoms with van der Waals surface area (Å²) in [6, 6.07) is 18.8. The van der Waals surface area contributed by atoms with Gasteiger partial charge in [0.25, 0.3) is 11.8 Å². The van der Waals surface area contributed by atoms with E-state index in [1.54, 1.807) is 0 Å². The maximum Gasteiger partial charge on any atom is 0.256 e. The van der Waals surface area contributed by atoms with Gasteiger partial charge in [-0.05, 0) is 24.3 Å². The lowest BCUT2D eigenvalue weighted by Crippen LogP contribution is -2.38. The molecule has 2 atom stereocenters. The molecule has 0 unspecified atom stereocenters. The Balaban J connectivity index is 1.44. The quantitative estimate of drug-likeness (QED) is 0.841. The van der Waals surface area contributed by atoms with Gasteiger partial charge in [0.05, 0.1) is 34.6 Å². The average Bonchev–Trinajstić information content (AvgIpc) is 3.19. The number of carbonyl (C=O) groups excluding carboxylic acids is 2. The summed E-state index contributed by atoms with van der Waals surface area (Å²) < 4.78 is 0. The van der Waals surface area contributed by atoms with E-state index in [2.05, 4.69) is 10.2 Å². The first kappa shape index (κ1) is 15.0. The Bertz CT molecular complexity index is 873. The maximum absolute atomic E-state index is 12.8. The Hall–Kier alpha value is -3.28. The smallest absolute Gasteiger partial charge is 0.256 e. The van der Waals surface area contributed by atoms with E-state index in [0.717, 1.165) is 22.8 Å². The predicted octanol–water partition coefficient (Wildman–Crippen LogP) is 2.82. The molecule has 6 nitrogen and oxygen atoms in total. The van der Waals surface area contributed by atoms with Crippen molar-refractivity contribution in [1.29, 1.82) is 0 Å². The van der Waals surface area contributed by atoms with E-state index in [0.29, 0.717) is 12.8 Å². The summed E-state index contributed by atoms with van der Waals surface area (Å²) in [6.45, 7) is 0. The van der Waals surface area contributed by atoms with E-state index in [4.69, 9.17) is 0 Å². The van der Waals surface area contributed by atoms with Gasteiger partial charge < -0.3 is 0 Å². The number of anilines is 2. The van der Waals surface area contributed by atoms with Crippen molar-refractivity contribution in [1.82, 2.24) is 0 Å². The van der Waals surface area contributed by atoms with Gasteiger partial charge in [-0.15, -0.1) is 0 Å². The Labute approximate surface area is 150 Å². The maximum atomic E-state index is 12.8. The average molecular weight is 344 g/mol. The van der Waals surface area contributed by atoms with Crippen LogP contribution in [0.3, 0.4) is 0 Å². The fourth-order valence-corrected chi connectivity index (χ4v) is 3.78. The SMILES string of the molecule is O=C1[C@H]2CC3=NN(c4ccccc4)C(=O)[C@H]3CC2=NN1c1ccccc1. The van der Waals surface area contributed by atoms with Crippen LogP contribution in [0.4, 0.5) is 11.4 Å². The fraction of sp³-hybridized carbons (Fsp3) is 0.200. The van der Waals surface area contributed by atoms with Crippen LogP contribution in [-0.4, -0.2) is 23.2 Å². The number of hydrogen-bond acceptors (Lipinski definition) is 4. The number of carbonyl (C=O) groups is 2. The molecule has 128 valence electrons. The van der Waals surface area contributed by atoms with Crippen molar-refractivity contribution >= 4 is 34.6 Å². The Morgan fingerprint density at radius 1 is 0.654 bits per heavy atom. The van der Waals surface area contributed by atoms with E-state index < -0.39 is 0 Å². The molecule has 2 aliphatic heterocycles. The van der Waals surface area contributed by atoms with Gasteiger partial charge in [-0.2, -0.15) is 10.2 Å². The number of hydrazone groups is 2.